The number of nitrogens with one attached hydrogen (secondary N) is 1. The van der Waals surface area contributed by atoms with E-state index in [0.29, 0.717) is 25.3 Å². The minimum atomic E-state index is -0.305. The third kappa shape index (κ3) is 4.40. The Labute approximate surface area is 192 Å². The molecule has 7 nitrogen and oxygen atoms in total. The Morgan fingerprint density at radius 1 is 1.06 bits per heavy atom. The van der Waals surface area contributed by atoms with Crippen LogP contribution in [-0.4, -0.2) is 45.5 Å². The molecule has 1 aliphatic rings. The van der Waals surface area contributed by atoms with E-state index >= 15 is 0 Å². The number of fused-ring (bicyclic) bond motifs is 1. The Hall–Kier alpha value is -3.84. The first-order valence-electron chi connectivity index (χ1n) is 11.0. The number of pyridine rings is 3. The number of morpholine rings is 1. The largest absolute Gasteiger partial charge is 0.368 e. The van der Waals surface area contributed by atoms with Crippen molar-refractivity contribution in [3.8, 4) is 0 Å². The zero-order chi connectivity index (χ0) is 22.8. The molecular weight excluding hydrogens is 414 g/mol. The summed E-state index contributed by atoms with van der Waals surface area (Å²) in [5.41, 5.74) is 5.09. The van der Waals surface area contributed by atoms with E-state index in [1.165, 1.54) is 0 Å². The van der Waals surface area contributed by atoms with E-state index < -0.39 is 0 Å². The molecule has 1 atom stereocenters. The molecule has 1 fully saturated rings. The van der Waals surface area contributed by atoms with Crippen molar-refractivity contribution < 1.29 is 9.53 Å². The summed E-state index contributed by atoms with van der Waals surface area (Å²) in [4.78, 5) is 28.7. The van der Waals surface area contributed by atoms with Gasteiger partial charge in [0.25, 0.3) is 5.91 Å². The van der Waals surface area contributed by atoms with Crippen LogP contribution in [0.1, 0.15) is 33.4 Å². The Morgan fingerprint density at radius 3 is 2.79 bits per heavy atom. The van der Waals surface area contributed by atoms with Gasteiger partial charge in [-0.1, -0.05) is 18.2 Å². The number of hydrogen-bond donors (Lipinski definition) is 1. The van der Waals surface area contributed by atoms with Crippen molar-refractivity contribution >= 4 is 28.3 Å². The maximum absolute atomic E-state index is 13.4. The quantitative estimate of drug-likeness (QED) is 0.501. The van der Waals surface area contributed by atoms with Gasteiger partial charge in [0.15, 0.2) is 0 Å². The van der Waals surface area contributed by atoms with Crippen LogP contribution < -0.4 is 5.32 Å². The van der Waals surface area contributed by atoms with Crippen molar-refractivity contribution in [2.45, 2.75) is 20.0 Å². The smallest absolute Gasteiger partial charge is 0.254 e. The fourth-order valence-electron chi connectivity index (χ4n) is 4.16. The highest BCUT2D eigenvalue weighted by molar-refractivity contribution is 6.06. The van der Waals surface area contributed by atoms with Crippen LogP contribution in [0.5, 0.6) is 0 Å². The van der Waals surface area contributed by atoms with Gasteiger partial charge in [0.2, 0.25) is 0 Å². The summed E-state index contributed by atoms with van der Waals surface area (Å²) in [6.45, 7) is 5.40. The Balaban J connectivity index is 1.39. The molecule has 1 saturated heterocycles. The van der Waals surface area contributed by atoms with E-state index in [4.69, 9.17) is 9.72 Å². The Kier molecular flexibility index (Phi) is 5.71. The van der Waals surface area contributed by atoms with E-state index in [-0.39, 0.29) is 12.0 Å². The van der Waals surface area contributed by atoms with Crippen LogP contribution in [0.25, 0.3) is 10.9 Å². The molecule has 1 aliphatic heterocycles. The van der Waals surface area contributed by atoms with Crippen LogP contribution in [0.4, 0.5) is 11.5 Å². The van der Waals surface area contributed by atoms with Gasteiger partial charge in [-0.15, -0.1) is 0 Å². The van der Waals surface area contributed by atoms with Crippen LogP contribution in [0.3, 0.4) is 0 Å². The van der Waals surface area contributed by atoms with E-state index in [0.717, 1.165) is 39.4 Å². The Morgan fingerprint density at radius 2 is 1.91 bits per heavy atom. The molecule has 7 heteroatoms. The monoisotopic (exact) mass is 439 g/mol. The molecule has 0 aliphatic carbocycles. The maximum atomic E-state index is 13.4. The molecule has 33 heavy (non-hydrogen) atoms. The second kappa shape index (κ2) is 8.96. The molecule has 3 aromatic heterocycles. The van der Waals surface area contributed by atoms with Gasteiger partial charge in [0, 0.05) is 41.3 Å². The molecule has 0 radical (unpaired) electrons. The zero-order valence-electron chi connectivity index (χ0n) is 18.7. The number of carbonyl (C=O) groups is 1. The number of hydrogen-bond acceptors (Lipinski definition) is 6. The topological polar surface area (TPSA) is 80.2 Å². The van der Waals surface area contributed by atoms with Crippen molar-refractivity contribution in [2.75, 3.05) is 25.0 Å². The first-order chi connectivity index (χ1) is 16.1. The highest BCUT2D eigenvalue weighted by Gasteiger charge is 2.28. The van der Waals surface area contributed by atoms with E-state index in [1.807, 2.05) is 73.3 Å². The van der Waals surface area contributed by atoms with Gasteiger partial charge >= 0.3 is 0 Å². The fourth-order valence-corrected chi connectivity index (χ4v) is 4.16. The number of carbonyl (C=O) groups excluding carboxylic acids is 1. The Bertz CT molecular complexity index is 1320. The fraction of sp³-hybridized carbons (Fsp3) is 0.231. The molecule has 4 heterocycles. The lowest BCUT2D eigenvalue weighted by atomic mass is 10.1. The number of benzene rings is 1. The molecular formula is C26H25N5O2. The van der Waals surface area contributed by atoms with Gasteiger partial charge in [-0.3, -0.25) is 14.8 Å². The minimum absolute atomic E-state index is 0.0167. The molecule has 4 aromatic rings. The number of ether oxygens (including phenoxy) is 1. The molecule has 0 saturated carbocycles. The molecule has 1 N–H and O–H groups in total. The summed E-state index contributed by atoms with van der Waals surface area (Å²) >= 11 is 0. The predicted molar refractivity (Wildman–Crippen MR) is 128 cm³/mol. The molecule has 5 rings (SSSR count). The highest BCUT2D eigenvalue weighted by atomic mass is 16.5. The summed E-state index contributed by atoms with van der Waals surface area (Å²) < 4.78 is 6.04. The number of nitrogens with zero attached hydrogens (tertiary/aromatic N) is 4. The first-order valence-corrected chi connectivity index (χ1v) is 11.0. The van der Waals surface area contributed by atoms with Gasteiger partial charge in [-0.2, -0.15) is 0 Å². The van der Waals surface area contributed by atoms with Gasteiger partial charge < -0.3 is 15.0 Å². The number of anilines is 2. The first kappa shape index (κ1) is 21.0. The van der Waals surface area contributed by atoms with Crippen LogP contribution >= 0.6 is 0 Å². The molecule has 1 aromatic carbocycles. The molecule has 166 valence electrons. The van der Waals surface area contributed by atoms with Gasteiger partial charge in [0.1, 0.15) is 11.9 Å². The van der Waals surface area contributed by atoms with Crippen LogP contribution in [0, 0.1) is 13.8 Å². The third-order valence-electron chi connectivity index (χ3n) is 5.81. The molecule has 0 spiro atoms. The number of aryl methyl sites for hydroxylation is 2. The number of amides is 1. The number of rotatable bonds is 4. The third-order valence-corrected chi connectivity index (χ3v) is 5.81. The summed E-state index contributed by atoms with van der Waals surface area (Å²) in [6.07, 6.45) is 3.20. The summed E-state index contributed by atoms with van der Waals surface area (Å²) in [5, 5.41) is 4.24. The van der Waals surface area contributed by atoms with Crippen molar-refractivity contribution in [3.05, 3.63) is 89.5 Å². The average Bonchev–Trinajstić information content (AvgIpc) is 2.84. The van der Waals surface area contributed by atoms with E-state index in [9.17, 15) is 4.79 Å². The van der Waals surface area contributed by atoms with Crippen molar-refractivity contribution in [1.29, 1.82) is 0 Å². The SMILES string of the molecule is Cc1cc(Nc2ncccc2C)cc([C@@H]2CN(C(=O)c3cccc4ncccc34)CCO2)n1. The second-order valence-electron chi connectivity index (χ2n) is 8.20. The summed E-state index contributed by atoms with van der Waals surface area (Å²) in [7, 11) is 0. The standard InChI is InChI=1S/C26H25N5O2/c1-17-6-4-11-28-25(17)30-19-14-18(2)29-23(15-19)24-16-31(12-13-33-24)26(32)21-7-3-9-22-20(21)8-5-10-27-22/h3-11,14-15,24H,12-13,16H2,1-2H3,(H,28,29,30)/t24-/m0/s1. The lowest BCUT2D eigenvalue weighted by Gasteiger charge is -2.33. The van der Waals surface area contributed by atoms with E-state index in [2.05, 4.69) is 15.3 Å². The van der Waals surface area contributed by atoms with Crippen molar-refractivity contribution in [3.63, 3.8) is 0 Å². The molecule has 0 unspecified atom stereocenters. The minimum Gasteiger partial charge on any atom is -0.368 e. The van der Waals surface area contributed by atoms with Crippen LogP contribution in [0.2, 0.25) is 0 Å². The molecule has 0 bridgehead atoms. The van der Waals surface area contributed by atoms with Crippen LogP contribution in [0.15, 0.2) is 67.0 Å². The van der Waals surface area contributed by atoms with Crippen LogP contribution in [-0.2, 0) is 4.74 Å². The lowest BCUT2D eigenvalue weighted by Crippen LogP contribution is -2.42. The van der Waals surface area contributed by atoms with Gasteiger partial charge in [0.05, 0.1) is 24.4 Å². The zero-order valence-corrected chi connectivity index (χ0v) is 18.7. The van der Waals surface area contributed by atoms with Crippen molar-refractivity contribution in [1.82, 2.24) is 19.9 Å². The highest BCUT2D eigenvalue weighted by Crippen LogP contribution is 2.27. The van der Waals surface area contributed by atoms with Crippen molar-refractivity contribution in [2.24, 2.45) is 0 Å². The normalized spacial score (nSPS) is 16.1. The maximum Gasteiger partial charge on any atom is 0.254 e. The van der Waals surface area contributed by atoms with Gasteiger partial charge in [-0.25, -0.2) is 4.98 Å². The second-order valence-corrected chi connectivity index (χ2v) is 8.20. The predicted octanol–water partition coefficient (Wildman–Crippen LogP) is 4.60. The van der Waals surface area contributed by atoms with E-state index in [1.54, 1.807) is 12.4 Å². The van der Waals surface area contributed by atoms with Gasteiger partial charge in [-0.05, 0) is 55.8 Å². The lowest BCUT2D eigenvalue weighted by molar-refractivity contribution is -0.0246. The molecule has 1 amide bonds. The average molecular weight is 440 g/mol. The summed E-state index contributed by atoms with van der Waals surface area (Å²) in [5.74, 6) is 0.789. The summed E-state index contributed by atoms with van der Waals surface area (Å²) in [6, 6.07) is 17.3. The number of aromatic nitrogens is 3.